The van der Waals surface area contributed by atoms with Gasteiger partial charge in [-0.25, -0.2) is 0 Å². The average Bonchev–Trinajstić information content (AvgIpc) is 3.10. The van der Waals surface area contributed by atoms with Crippen LogP contribution in [0.3, 0.4) is 0 Å². The maximum absolute atomic E-state index is 12.4. The highest BCUT2D eigenvalue weighted by atomic mass is 32.2. The molecule has 0 fully saturated rings. The second-order valence-corrected chi connectivity index (χ2v) is 9.50. The molecule has 0 saturated carbocycles. The maximum atomic E-state index is 12.4. The van der Waals surface area contributed by atoms with Gasteiger partial charge in [0.15, 0.2) is 11.0 Å². The minimum absolute atomic E-state index is 0.0746. The van der Waals surface area contributed by atoms with Gasteiger partial charge in [-0.1, -0.05) is 63.7 Å². The molecule has 0 aliphatic rings. The van der Waals surface area contributed by atoms with Crippen LogP contribution in [-0.4, -0.2) is 26.4 Å². The van der Waals surface area contributed by atoms with Crippen molar-refractivity contribution in [3.05, 3.63) is 65.0 Å². The van der Waals surface area contributed by atoms with Gasteiger partial charge in [-0.05, 0) is 53.6 Å². The second kappa shape index (κ2) is 10.7. The first-order valence-electron chi connectivity index (χ1n) is 10.9. The van der Waals surface area contributed by atoms with Crippen molar-refractivity contribution in [3.63, 3.8) is 0 Å². The van der Waals surface area contributed by atoms with Crippen LogP contribution in [0.5, 0.6) is 5.75 Å². The van der Waals surface area contributed by atoms with E-state index in [0.29, 0.717) is 29.4 Å². The van der Waals surface area contributed by atoms with Crippen molar-refractivity contribution < 1.29 is 9.53 Å². The lowest BCUT2D eigenvalue weighted by molar-refractivity contribution is -0.113. The van der Waals surface area contributed by atoms with E-state index >= 15 is 0 Å². The monoisotopic (exact) mass is 452 g/mol. The van der Waals surface area contributed by atoms with Crippen molar-refractivity contribution >= 4 is 23.4 Å². The third-order valence-electron chi connectivity index (χ3n) is 5.27. The summed E-state index contributed by atoms with van der Waals surface area (Å²) in [7, 11) is 1.89. The molecule has 1 aromatic heterocycles. The minimum atomic E-state index is -0.0746. The fraction of sp³-hybridized carbons (Fsp3) is 0.400. The number of thioether (sulfide) groups is 1. The Kier molecular flexibility index (Phi) is 7.96. The molecule has 1 N–H and O–H groups in total. The molecule has 1 amide bonds. The largest absolute Gasteiger partial charge is 0.485 e. The molecule has 0 saturated heterocycles. The smallest absolute Gasteiger partial charge is 0.234 e. The highest BCUT2D eigenvalue weighted by molar-refractivity contribution is 7.99. The Morgan fingerprint density at radius 1 is 1.06 bits per heavy atom. The molecule has 0 spiro atoms. The van der Waals surface area contributed by atoms with Crippen molar-refractivity contribution in [2.24, 2.45) is 7.05 Å². The summed E-state index contributed by atoms with van der Waals surface area (Å²) in [6, 6.07) is 14.2. The first-order chi connectivity index (χ1) is 15.2. The Hall–Kier alpha value is -2.80. The summed E-state index contributed by atoms with van der Waals surface area (Å²) in [4.78, 5) is 12.4. The first-order valence-corrected chi connectivity index (χ1v) is 11.9. The van der Waals surface area contributed by atoms with Crippen LogP contribution in [-0.2, 0) is 18.4 Å². The molecule has 170 valence electrons. The number of nitrogens with one attached hydrogen (secondary N) is 1. The van der Waals surface area contributed by atoms with Gasteiger partial charge in [-0.15, -0.1) is 10.2 Å². The second-order valence-electron chi connectivity index (χ2n) is 8.56. The van der Waals surface area contributed by atoms with E-state index in [-0.39, 0.29) is 11.7 Å². The molecule has 0 unspecified atom stereocenters. The molecule has 6 nitrogen and oxygen atoms in total. The Morgan fingerprint density at radius 2 is 1.78 bits per heavy atom. The minimum Gasteiger partial charge on any atom is -0.485 e. The van der Waals surface area contributed by atoms with Crippen molar-refractivity contribution in [3.8, 4) is 5.75 Å². The van der Waals surface area contributed by atoms with E-state index < -0.39 is 0 Å². The molecular formula is C25H32N4O2S. The number of ether oxygens (including phenoxy) is 1. The number of hydrogen-bond donors (Lipinski definition) is 1. The van der Waals surface area contributed by atoms with Crippen LogP contribution in [0.25, 0.3) is 0 Å². The fourth-order valence-electron chi connectivity index (χ4n) is 3.26. The Labute approximate surface area is 194 Å². The topological polar surface area (TPSA) is 69.0 Å². The lowest BCUT2D eigenvalue weighted by atomic mass is 10.0. The van der Waals surface area contributed by atoms with Crippen LogP contribution in [0.2, 0.25) is 0 Å². The van der Waals surface area contributed by atoms with E-state index in [1.54, 1.807) is 0 Å². The van der Waals surface area contributed by atoms with E-state index in [0.717, 1.165) is 17.0 Å². The van der Waals surface area contributed by atoms with Crippen molar-refractivity contribution in [2.75, 3.05) is 11.1 Å². The average molecular weight is 453 g/mol. The third-order valence-corrected chi connectivity index (χ3v) is 6.29. The molecule has 3 aromatic rings. The number of aromatic nitrogens is 3. The molecular weight excluding hydrogens is 420 g/mol. The number of amides is 1. The molecule has 7 heteroatoms. The number of hydrogen-bond acceptors (Lipinski definition) is 5. The van der Waals surface area contributed by atoms with Gasteiger partial charge in [0.1, 0.15) is 12.4 Å². The summed E-state index contributed by atoms with van der Waals surface area (Å²) in [5.74, 6) is 2.61. The predicted octanol–water partition coefficient (Wildman–Crippen LogP) is 5.68. The van der Waals surface area contributed by atoms with Crippen LogP contribution in [0.15, 0.2) is 47.6 Å². The SMILES string of the molecule is Cc1ccc(C(C)C)c(OCc2nnc(SCC(=O)Nc3ccc(C(C)C)cc3)n2C)c1. The van der Waals surface area contributed by atoms with Gasteiger partial charge >= 0.3 is 0 Å². The Bertz CT molecular complexity index is 1060. The standard InChI is InChI=1S/C25H32N4O2S/c1-16(2)19-8-10-20(11-9-19)26-24(30)15-32-25-28-27-23(29(25)6)14-31-22-13-18(5)7-12-21(22)17(3)4/h7-13,16-17H,14-15H2,1-6H3,(H,26,30). The summed E-state index contributed by atoms with van der Waals surface area (Å²) in [5, 5.41) is 12.1. The molecule has 0 atom stereocenters. The summed E-state index contributed by atoms with van der Waals surface area (Å²) in [5.41, 5.74) is 4.37. The van der Waals surface area contributed by atoms with Crippen molar-refractivity contribution in [2.45, 2.75) is 58.2 Å². The van der Waals surface area contributed by atoms with Gasteiger partial charge in [0.05, 0.1) is 5.75 Å². The highest BCUT2D eigenvalue weighted by Crippen LogP contribution is 2.28. The zero-order valence-corrected chi connectivity index (χ0v) is 20.5. The third kappa shape index (κ3) is 6.13. The van der Waals surface area contributed by atoms with E-state index in [1.165, 1.54) is 22.9 Å². The number of carbonyl (C=O) groups is 1. The van der Waals surface area contributed by atoms with Crippen molar-refractivity contribution in [1.29, 1.82) is 0 Å². The molecule has 0 aliphatic heterocycles. The Morgan fingerprint density at radius 3 is 2.44 bits per heavy atom. The molecule has 32 heavy (non-hydrogen) atoms. The Balaban J connectivity index is 1.56. The van der Waals surface area contributed by atoms with Crippen LogP contribution in [0.1, 0.15) is 62.0 Å². The van der Waals surface area contributed by atoms with Crippen LogP contribution >= 0.6 is 11.8 Å². The van der Waals surface area contributed by atoms with E-state index in [2.05, 4.69) is 68.3 Å². The van der Waals surface area contributed by atoms with Gasteiger partial charge in [0, 0.05) is 12.7 Å². The van der Waals surface area contributed by atoms with E-state index in [4.69, 9.17) is 4.74 Å². The predicted molar refractivity (Wildman–Crippen MR) is 130 cm³/mol. The van der Waals surface area contributed by atoms with E-state index in [1.807, 2.05) is 35.9 Å². The molecule has 0 bridgehead atoms. The number of aryl methyl sites for hydroxylation is 1. The zero-order chi connectivity index (χ0) is 23.3. The van der Waals surface area contributed by atoms with Gasteiger partial charge in [-0.3, -0.25) is 4.79 Å². The zero-order valence-electron chi connectivity index (χ0n) is 19.7. The number of benzene rings is 2. The summed E-state index contributed by atoms with van der Waals surface area (Å²) in [6.07, 6.45) is 0. The molecule has 1 heterocycles. The highest BCUT2D eigenvalue weighted by Gasteiger charge is 2.14. The summed E-state index contributed by atoms with van der Waals surface area (Å²) < 4.78 is 7.95. The number of nitrogens with zero attached hydrogens (tertiary/aromatic N) is 3. The van der Waals surface area contributed by atoms with Crippen molar-refractivity contribution in [1.82, 2.24) is 14.8 Å². The van der Waals surface area contributed by atoms with Crippen LogP contribution in [0, 0.1) is 6.92 Å². The number of rotatable bonds is 9. The number of anilines is 1. The normalized spacial score (nSPS) is 11.2. The number of carbonyl (C=O) groups excluding carboxylic acids is 1. The molecule has 0 radical (unpaired) electrons. The van der Waals surface area contributed by atoms with E-state index in [9.17, 15) is 4.79 Å². The summed E-state index contributed by atoms with van der Waals surface area (Å²) >= 11 is 1.36. The lowest BCUT2D eigenvalue weighted by Gasteiger charge is -2.14. The first kappa shape index (κ1) is 23.9. The molecule has 3 rings (SSSR count). The quantitative estimate of drug-likeness (QED) is 0.423. The van der Waals surface area contributed by atoms with Gasteiger partial charge in [0.25, 0.3) is 0 Å². The fourth-order valence-corrected chi connectivity index (χ4v) is 3.99. The van der Waals surface area contributed by atoms with Gasteiger partial charge < -0.3 is 14.6 Å². The molecule has 2 aromatic carbocycles. The lowest BCUT2D eigenvalue weighted by Crippen LogP contribution is -2.14. The molecule has 0 aliphatic carbocycles. The maximum Gasteiger partial charge on any atom is 0.234 e. The van der Waals surface area contributed by atoms with Crippen LogP contribution < -0.4 is 10.1 Å². The van der Waals surface area contributed by atoms with Gasteiger partial charge in [0.2, 0.25) is 5.91 Å². The van der Waals surface area contributed by atoms with Crippen LogP contribution in [0.4, 0.5) is 5.69 Å². The summed E-state index contributed by atoms with van der Waals surface area (Å²) in [6.45, 7) is 11.0. The van der Waals surface area contributed by atoms with Gasteiger partial charge in [-0.2, -0.15) is 0 Å².